The van der Waals surface area contributed by atoms with Crippen LogP contribution in [0.3, 0.4) is 0 Å². The van der Waals surface area contributed by atoms with Gasteiger partial charge in [0, 0.05) is 12.1 Å². The number of carboxylic acids is 1. The zero-order valence-corrected chi connectivity index (χ0v) is 16.9. The molecule has 0 bridgehead atoms. The van der Waals surface area contributed by atoms with Gasteiger partial charge in [0.25, 0.3) is 0 Å². The van der Waals surface area contributed by atoms with Crippen LogP contribution in [-0.4, -0.2) is 31.6 Å². The Morgan fingerprint density at radius 2 is 1.71 bits per heavy atom. The molecule has 2 aromatic rings. The van der Waals surface area contributed by atoms with Crippen molar-refractivity contribution in [1.29, 1.82) is 0 Å². The maximum Gasteiger partial charge on any atom is 0.335 e. The lowest BCUT2D eigenvalue weighted by Crippen LogP contribution is -2.33. The van der Waals surface area contributed by atoms with Crippen molar-refractivity contribution in [1.82, 2.24) is 0 Å². The molecule has 0 radical (unpaired) electrons. The number of primary sulfonamides is 1. The van der Waals surface area contributed by atoms with Crippen molar-refractivity contribution in [3.05, 3.63) is 47.5 Å². The van der Waals surface area contributed by atoms with E-state index < -0.39 is 16.0 Å². The predicted octanol–water partition coefficient (Wildman–Crippen LogP) is 3.51. The number of hydrogen-bond acceptors (Lipinski definition) is 5. The lowest BCUT2D eigenvalue weighted by molar-refractivity contribution is 0.0696. The minimum absolute atomic E-state index is 0.0527. The molecule has 2 atom stereocenters. The van der Waals surface area contributed by atoms with E-state index in [-0.39, 0.29) is 28.3 Å². The maximum absolute atomic E-state index is 12.3. The Morgan fingerprint density at radius 3 is 2.21 bits per heavy atom. The first-order chi connectivity index (χ1) is 13.1. The number of rotatable bonds is 5. The molecule has 3 N–H and O–H groups in total. The molecule has 2 aromatic carbocycles. The highest BCUT2D eigenvalue weighted by atomic mass is 32.2. The molecule has 0 spiro atoms. The molecule has 1 heterocycles. The predicted molar refractivity (Wildman–Crippen MR) is 107 cm³/mol. The molecule has 2 unspecified atom stereocenters. The van der Waals surface area contributed by atoms with Crippen LogP contribution in [0, 0.1) is 6.92 Å². The van der Waals surface area contributed by atoms with E-state index in [1.54, 1.807) is 12.1 Å². The van der Waals surface area contributed by atoms with E-state index in [9.17, 15) is 18.3 Å². The van der Waals surface area contributed by atoms with Crippen molar-refractivity contribution >= 4 is 21.7 Å². The Bertz CT molecular complexity index is 992. The normalized spacial score (nSPS) is 19.6. The molecule has 0 aliphatic carbocycles. The van der Waals surface area contributed by atoms with Gasteiger partial charge in [0.15, 0.2) is 5.75 Å². The van der Waals surface area contributed by atoms with Crippen LogP contribution < -0.4 is 14.8 Å². The topological polar surface area (TPSA) is 110 Å². The first-order valence-corrected chi connectivity index (χ1v) is 10.6. The summed E-state index contributed by atoms with van der Waals surface area (Å²) in [5.74, 6) is -0.733. The van der Waals surface area contributed by atoms with Gasteiger partial charge >= 0.3 is 5.97 Å². The summed E-state index contributed by atoms with van der Waals surface area (Å²) in [7, 11) is -4.22. The number of carboxylic acid groups (broad SMARTS) is 1. The fourth-order valence-corrected chi connectivity index (χ4v) is 4.31. The molecule has 1 fully saturated rings. The molecule has 150 valence electrons. The minimum atomic E-state index is -4.22. The van der Waals surface area contributed by atoms with Gasteiger partial charge in [-0.05, 0) is 57.9 Å². The summed E-state index contributed by atoms with van der Waals surface area (Å²) in [4.78, 5) is 13.3. The highest BCUT2D eigenvalue weighted by Crippen LogP contribution is 2.43. The fraction of sp³-hybridized carbons (Fsp3) is 0.350. The Morgan fingerprint density at radius 1 is 1.14 bits per heavy atom. The van der Waals surface area contributed by atoms with Crippen molar-refractivity contribution in [3.8, 4) is 11.5 Å². The molecule has 1 aliphatic rings. The number of hydrogen-bond donors (Lipinski definition) is 2. The van der Waals surface area contributed by atoms with Crippen LogP contribution >= 0.6 is 0 Å². The Labute approximate surface area is 164 Å². The lowest BCUT2D eigenvalue weighted by atomic mass is 10.1. The summed E-state index contributed by atoms with van der Waals surface area (Å²) in [6.07, 6.45) is 1.82. The number of sulfonamides is 1. The highest BCUT2D eigenvalue weighted by Gasteiger charge is 2.33. The second-order valence-electron chi connectivity index (χ2n) is 7.27. The van der Waals surface area contributed by atoms with Crippen LogP contribution in [0.1, 0.15) is 42.6 Å². The summed E-state index contributed by atoms with van der Waals surface area (Å²) in [6.45, 7) is 5.96. The van der Waals surface area contributed by atoms with Crippen LogP contribution in [0.25, 0.3) is 0 Å². The quantitative estimate of drug-likeness (QED) is 0.789. The van der Waals surface area contributed by atoms with E-state index in [2.05, 4.69) is 0 Å². The van der Waals surface area contributed by atoms with Crippen LogP contribution in [0.5, 0.6) is 11.5 Å². The number of anilines is 1. The van der Waals surface area contributed by atoms with Gasteiger partial charge in [-0.3, -0.25) is 0 Å². The second-order valence-corrected chi connectivity index (χ2v) is 8.80. The van der Waals surface area contributed by atoms with Gasteiger partial charge in [-0.2, -0.15) is 0 Å². The third kappa shape index (κ3) is 3.98. The molecular weight excluding hydrogens is 380 g/mol. The number of benzene rings is 2. The summed E-state index contributed by atoms with van der Waals surface area (Å²) >= 11 is 0. The molecule has 0 saturated carbocycles. The monoisotopic (exact) mass is 404 g/mol. The van der Waals surface area contributed by atoms with Crippen molar-refractivity contribution in [3.63, 3.8) is 0 Å². The van der Waals surface area contributed by atoms with Crippen molar-refractivity contribution < 1.29 is 23.1 Å². The average molecular weight is 404 g/mol. The maximum atomic E-state index is 12.3. The van der Waals surface area contributed by atoms with E-state index in [0.29, 0.717) is 11.4 Å². The van der Waals surface area contributed by atoms with Crippen LogP contribution in [0.15, 0.2) is 41.3 Å². The second kappa shape index (κ2) is 7.44. The average Bonchev–Trinajstić information content (AvgIpc) is 2.94. The Balaban J connectivity index is 2.26. The summed E-state index contributed by atoms with van der Waals surface area (Å²) in [6, 6.07) is 9.87. The van der Waals surface area contributed by atoms with Gasteiger partial charge in [0.2, 0.25) is 10.0 Å². The fourth-order valence-electron chi connectivity index (χ4n) is 3.61. The molecule has 0 aromatic heterocycles. The molecular formula is C20H24N2O5S. The van der Waals surface area contributed by atoms with Gasteiger partial charge in [-0.1, -0.05) is 17.7 Å². The minimum Gasteiger partial charge on any atom is -0.478 e. The number of nitrogens with zero attached hydrogens (tertiary/aromatic N) is 1. The number of aromatic carboxylic acids is 1. The van der Waals surface area contributed by atoms with Gasteiger partial charge in [-0.25, -0.2) is 18.4 Å². The summed E-state index contributed by atoms with van der Waals surface area (Å²) < 4.78 is 30.6. The zero-order valence-electron chi connectivity index (χ0n) is 16.0. The SMILES string of the molecule is Cc1ccc(Oc2c(N3C(C)CCC3C)cc(C(=O)O)cc2S(N)(=O)=O)cc1. The standard InChI is InChI=1S/C20H24N2O5S/c1-12-4-8-16(9-5-12)27-19-17(22-13(2)6-7-14(22)3)10-15(20(23)24)11-18(19)28(21,25)26/h4-5,8-11,13-14H,6-7H2,1-3H3,(H,23,24)(H2,21,25,26). The first-order valence-electron chi connectivity index (χ1n) is 9.05. The van der Waals surface area contributed by atoms with Gasteiger partial charge in [0.05, 0.1) is 11.3 Å². The molecule has 3 rings (SSSR count). The van der Waals surface area contributed by atoms with Crippen molar-refractivity contribution in [2.75, 3.05) is 4.90 Å². The Kier molecular flexibility index (Phi) is 5.36. The van der Waals surface area contributed by atoms with Crippen LogP contribution in [0.4, 0.5) is 5.69 Å². The third-order valence-corrected chi connectivity index (χ3v) is 5.98. The lowest BCUT2D eigenvalue weighted by Gasteiger charge is -2.31. The molecule has 7 nitrogen and oxygen atoms in total. The number of aryl methyl sites for hydroxylation is 1. The molecule has 1 saturated heterocycles. The summed E-state index contributed by atoms with van der Waals surface area (Å²) in [5.41, 5.74) is 1.30. The zero-order chi connectivity index (χ0) is 20.6. The largest absolute Gasteiger partial charge is 0.478 e. The summed E-state index contributed by atoms with van der Waals surface area (Å²) in [5, 5.41) is 14.9. The highest BCUT2D eigenvalue weighted by molar-refractivity contribution is 7.89. The van der Waals surface area contributed by atoms with E-state index in [4.69, 9.17) is 9.88 Å². The van der Waals surface area contributed by atoms with E-state index in [1.165, 1.54) is 6.07 Å². The van der Waals surface area contributed by atoms with Crippen molar-refractivity contribution in [2.45, 2.75) is 50.6 Å². The van der Waals surface area contributed by atoms with Crippen molar-refractivity contribution in [2.24, 2.45) is 5.14 Å². The molecule has 28 heavy (non-hydrogen) atoms. The first kappa shape index (κ1) is 20.2. The molecule has 8 heteroatoms. The number of ether oxygens (including phenoxy) is 1. The van der Waals surface area contributed by atoms with E-state index in [1.807, 2.05) is 37.8 Å². The van der Waals surface area contributed by atoms with E-state index in [0.717, 1.165) is 24.5 Å². The third-order valence-electron chi connectivity index (χ3n) is 5.06. The smallest absolute Gasteiger partial charge is 0.335 e. The van der Waals surface area contributed by atoms with E-state index >= 15 is 0 Å². The molecule has 0 amide bonds. The van der Waals surface area contributed by atoms with Crippen LogP contribution in [0.2, 0.25) is 0 Å². The number of carbonyl (C=O) groups is 1. The van der Waals surface area contributed by atoms with Gasteiger partial charge < -0.3 is 14.7 Å². The Hall–Kier alpha value is -2.58. The van der Waals surface area contributed by atoms with Gasteiger partial charge in [-0.15, -0.1) is 0 Å². The van der Waals surface area contributed by atoms with Crippen LogP contribution in [-0.2, 0) is 10.0 Å². The number of nitrogens with two attached hydrogens (primary N) is 1. The van der Waals surface area contributed by atoms with Gasteiger partial charge in [0.1, 0.15) is 10.6 Å². The molecule has 1 aliphatic heterocycles.